The number of rotatable bonds is 6. The summed E-state index contributed by atoms with van der Waals surface area (Å²) in [6.07, 6.45) is 0.683. The van der Waals surface area contributed by atoms with Gasteiger partial charge < -0.3 is 18.9 Å². The minimum atomic E-state index is -0.974. The van der Waals surface area contributed by atoms with Gasteiger partial charge in [-0.05, 0) is 44.5 Å². The number of carbonyl (C=O) groups is 3. The van der Waals surface area contributed by atoms with Crippen molar-refractivity contribution in [1.82, 2.24) is 4.90 Å². The van der Waals surface area contributed by atoms with Gasteiger partial charge in [-0.1, -0.05) is 48.5 Å². The first kappa shape index (κ1) is 24.8. The fourth-order valence-corrected chi connectivity index (χ4v) is 6.10. The van der Waals surface area contributed by atoms with E-state index in [9.17, 15) is 14.4 Å². The Morgan fingerprint density at radius 2 is 1.61 bits per heavy atom. The van der Waals surface area contributed by atoms with Crippen molar-refractivity contribution in [2.45, 2.75) is 57.6 Å². The average molecular weight is 519 g/mol. The molecule has 6 atom stereocenters. The van der Waals surface area contributed by atoms with Crippen LogP contribution >= 0.6 is 0 Å². The molecule has 0 bridgehead atoms. The topological polar surface area (TPSA) is 94.6 Å². The quantitative estimate of drug-likeness (QED) is 0.426. The van der Waals surface area contributed by atoms with E-state index in [-0.39, 0.29) is 12.5 Å². The summed E-state index contributed by atoms with van der Waals surface area (Å²) in [6.45, 7) is 5.81. The number of likely N-dealkylation sites (tertiary alicyclic amines) is 1. The maximum absolute atomic E-state index is 14.0. The first-order valence-corrected chi connectivity index (χ1v) is 12.9. The summed E-state index contributed by atoms with van der Waals surface area (Å²) >= 11 is 0. The number of hydrogen-bond acceptors (Lipinski definition) is 8. The zero-order chi connectivity index (χ0) is 26.6. The zero-order valence-electron chi connectivity index (χ0n) is 21.5. The number of para-hydroxylation sites is 1. The van der Waals surface area contributed by atoms with E-state index in [1.54, 1.807) is 31.2 Å². The first-order valence-electron chi connectivity index (χ1n) is 12.9. The average Bonchev–Trinajstić information content (AvgIpc) is 3.57. The summed E-state index contributed by atoms with van der Waals surface area (Å²) in [7, 11) is 0. The molecule has 0 spiro atoms. The van der Waals surface area contributed by atoms with Crippen molar-refractivity contribution in [1.29, 1.82) is 0 Å². The lowest BCUT2D eigenvalue weighted by atomic mass is 9.88. The van der Waals surface area contributed by atoms with Gasteiger partial charge in [0, 0.05) is 6.54 Å². The monoisotopic (exact) mass is 518 g/mol. The molecule has 3 saturated heterocycles. The lowest BCUT2D eigenvalue weighted by Crippen LogP contribution is -2.49. The normalized spacial score (nSPS) is 31.7. The van der Waals surface area contributed by atoms with E-state index in [0.717, 1.165) is 5.56 Å². The van der Waals surface area contributed by atoms with Crippen molar-refractivity contribution in [2.75, 3.05) is 11.5 Å². The Morgan fingerprint density at radius 3 is 2.26 bits per heavy atom. The highest BCUT2D eigenvalue weighted by Crippen LogP contribution is 2.49. The van der Waals surface area contributed by atoms with Gasteiger partial charge >= 0.3 is 5.97 Å². The summed E-state index contributed by atoms with van der Waals surface area (Å²) in [4.78, 5) is 44.5. The molecule has 0 aromatic heterocycles. The molecule has 0 unspecified atom stereocenters. The first-order chi connectivity index (χ1) is 18.3. The molecule has 2 amide bonds. The van der Waals surface area contributed by atoms with Crippen molar-refractivity contribution >= 4 is 23.5 Å². The minimum Gasteiger partial charge on any atom is -0.465 e. The lowest BCUT2D eigenvalue weighted by Gasteiger charge is -2.33. The van der Waals surface area contributed by atoms with E-state index >= 15 is 0 Å². The predicted octanol–water partition coefficient (Wildman–Crippen LogP) is 3.00. The van der Waals surface area contributed by atoms with Crippen LogP contribution in [-0.4, -0.2) is 59.6 Å². The molecule has 9 nitrogen and oxygen atoms in total. The van der Waals surface area contributed by atoms with Crippen LogP contribution < -0.4 is 4.90 Å². The van der Waals surface area contributed by atoms with E-state index < -0.39 is 54.0 Å². The Balaban J connectivity index is 1.45. The third kappa shape index (κ3) is 4.02. The summed E-state index contributed by atoms with van der Waals surface area (Å²) in [5.74, 6) is -3.45. The van der Waals surface area contributed by atoms with Crippen LogP contribution in [-0.2, 0) is 39.9 Å². The molecule has 2 aromatic rings. The standard InChI is InChI=1S/C29H30N2O7/c1-4-35-27(34)24-22-21(25(32)31(26(22)33)18-13-9-6-10-14-18)23(30(24)16-17-11-7-5-8-12-17)19-15-20-28(36-19)38-29(2,3)37-20/h5-15,20-24,28H,4,16H2,1-3H3/t20-,21-,22+,23-,24+,28-/m1/s1. The van der Waals surface area contributed by atoms with Crippen LogP contribution in [0.15, 0.2) is 72.5 Å². The molecule has 0 saturated carbocycles. The van der Waals surface area contributed by atoms with Crippen LogP contribution in [0.1, 0.15) is 26.3 Å². The van der Waals surface area contributed by atoms with Crippen LogP contribution in [0.25, 0.3) is 0 Å². The van der Waals surface area contributed by atoms with Gasteiger partial charge in [0.25, 0.3) is 0 Å². The van der Waals surface area contributed by atoms with Gasteiger partial charge in [-0.25, -0.2) is 4.90 Å². The molecule has 0 aliphatic carbocycles. The maximum atomic E-state index is 14.0. The SMILES string of the molecule is CCOC(=O)[C@@H]1[C@H]2C(=O)N(c3ccccc3)C(=O)[C@H]2[C@@H](C2=C[C@H]3OC(C)(C)O[C@H]3O2)N1Cc1ccccc1. The van der Waals surface area contributed by atoms with Gasteiger partial charge in [-0.2, -0.15) is 0 Å². The molecular formula is C29H30N2O7. The molecule has 3 fully saturated rings. The molecule has 0 radical (unpaired) electrons. The van der Waals surface area contributed by atoms with Crippen LogP contribution in [0.5, 0.6) is 0 Å². The van der Waals surface area contributed by atoms with E-state index in [1.165, 1.54) is 4.90 Å². The van der Waals surface area contributed by atoms with Crippen LogP contribution in [0.2, 0.25) is 0 Å². The summed E-state index contributed by atoms with van der Waals surface area (Å²) in [5.41, 5.74) is 1.40. The van der Waals surface area contributed by atoms with Crippen molar-refractivity contribution in [2.24, 2.45) is 11.8 Å². The Labute approximate surface area is 220 Å². The van der Waals surface area contributed by atoms with Gasteiger partial charge in [0.1, 0.15) is 17.9 Å². The highest BCUT2D eigenvalue weighted by molar-refractivity contribution is 6.23. The molecule has 9 heteroatoms. The van der Waals surface area contributed by atoms with Gasteiger partial charge in [0.15, 0.2) is 5.79 Å². The van der Waals surface area contributed by atoms with E-state index in [2.05, 4.69) is 0 Å². The molecule has 0 N–H and O–H groups in total. The van der Waals surface area contributed by atoms with Crippen molar-refractivity contribution in [3.8, 4) is 0 Å². The second-order valence-electron chi connectivity index (χ2n) is 10.4. The molecule has 4 heterocycles. The van der Waals surface area contributed by atoms with E-state index in [1.807, 2.05) is 61.2 Å². The lowest BCUT2D eigenvalue weighted by molar-refractivity contribution is -0.184. The number of ether oxygens (including phenoxy) is 4. The number of nitrogens with zero attached hydrogens (tertiary/aromatic N) is 2. The van der Waals surface area contributed by atoms with Crippen molar-refractivity contribution in [3.63, 3.8) is 0 Å². The van der Waals surface area contributed by atoms with Gasteiger partial charge in [-0.3, -0.25) is 19.3 Å². The van der Waals surface area contributed by atoms with Crippen molar-refractivity contribution in [3.05, 3.63) is 78.1 Å². The zero-order valence-corrected chi connectivity index (χ0v) is 21.5. The van der Waals surface area contributed by atoms with Crippen LogP contribution in [0, 0.1) is 11.8 Å². The number of esters is 1. The number of carbonyl (C=O) groups excluding carboxylic acids is 3. The fourth-order valence-electron chi connectivity index (χ4n) is 6.10. The number of benzene rings is 2. The molecule has 4 aliphatic rings. The second kappa shape index (κ2) is 9.34. The van der Waals surface area contributed by atoms with Crippen molar-refractivity contribution < 1.29 is 33.3 Å². The highest BCUT2D eigenvalue weighted by Gasteiger charge is 2.66. The third-order valence-corrected chi connectivity index (χ3v) is 7.50. The summed E-state index contributed by atoms with van der Waals surface area (Å²) in [6, 6.07) is 16.7. The van der Waals surface area contributed by atoms with E-state index in [0.29, 0.717) is 18.0 Å². The number of amides is 2. The smallest absolute Gasteiger partial charge is 0.324 e. The predicted molar refractivity (Wildman–Crippen MR) is 135 cm³/mol. The Bertz CT molecular complexity index is 1280. The van der Waals surface area contributed by atoms with Gasteiger partial charge in [0.2, 0.25) is 18.1 Å². The third-order valence-electron chi connectivity index (χ3n) is 7.50. The fraction of sp³-hybridized carbons (Fsp3) is 0.414. The largest absolute Gasteiger partial charge is 0.465 e. The minimum absolute atomic E-state index is 0.154. The number of hydrogen-bond donors (Lipinski definition) is 0. The number of fused-ring (bicyclic) bond motifs is 2. The summed E-state index contributed by atoms with van der Waals surface area (Å²) in [5, 5.41) is 0. The Morgan fingerprint density at radius 1 is 0.947 bits per heavy atom. The molecule has 6 rings (SSSR count). The van der Waals surface area contributed by atoms with E-state index in [4.69, 9.17) is 18.9 Å². The summed E-state index contributed by atoms with van der Waals surface area (Å²) < 4.78 is 23.6. The highest BCUT2D eigenvalue weighted by atomic mass is 16.8. The molecule has 4 aliphatic heterocycles. The van der Waals surface area contributed by atoms with Crippen LogP contribution in [0.3, 0.4) is 0 Å². The molecule has 198 valence electrons. The second-order valence-corrected chi connectivity index (χ2v) is 10.4. The molecule has 2 aromatic carbocycles. The Hall–Kier alpha value is -3.53. The van der Waals surface area contributed by atoms with Gasteiger partial charge in [-0.15, -0.1) is 0 Å². The molecule has 38 heavy (non-hydrogen) atoms. The number of imide groups is 1. The van der Waals surface area contributed by atoms with Gasteiger partial charge in [0.05, 0.1) is 30.2 Å². The number of anilines is 1. The van der Waals surface area contributed by atoms with Crippen LogP contribution in [0.4, 0.5) is 5.69 Å². The maximum Gasteiger partial charge on any atom is 0.324 e. The molecular weight excluding hydrogens is 488 g/mol. The Kier molecular flexibility index (Phi) is 6.09.